The molecule has 0 bridgehead atoms. The maximum absolute atomic E-state index is 12.1. The highest BCUT2D eigenvalue weighted by molar-refractivity contribution is 7.09. The van der Waals surface area contributed by atoms with E-state index in [-0.39, 0.29) is 0 Å². The number of nitrogen functional groups attached to an aromatic ring is 1. The molecule has 20 heavy (non-hydrogen) atoms. The van der Waals surface area contributed by atoms with Gasteiger partial charge in [0.15, 0.2) is 4.88 Å². The Labute approximate surface area is 122 Å². The molecule has 4 nitrogen and oxygen atoms in total. The predicted octanol–water partition coefficient (Wildman–Crippen LogP) is 3.66. The highest BCUT2D eigenvalue weighted by Gasteiger charge is 2.24. The van der Waals surface area contributed by atoms with E-state index in [1.807, 2.05) is 52.0 Å². The first-order valence-corrected chi connectivity index (χ1v) is 7.11. The monoisotopic (exact) mass is 290 g/mol. The van der Waals surface area contributed by atoms with Crippen molar-refractivity contribution in [1.82, 2.24) is 4.37 Å². The summed E-state index contributed by atoms with van der Waals surface area (Å²) >= 11 is 1.08. The number of esters is 1. The summed E-state index contributed by atoms with van der Waals surface area (Å²) in [7, 11) is 0. The minimum absolute atomic E-state index is 0.359. The average molecular weight is 290 g/mol. The number of benzene rings is 1. The van der Waals surface area contributed by atoms with Gasteiger partial charge in [-0.15, -0.1) is 0 Å². The molecule has 5 heteroatoms. The summed E-state index contributed by atoms with van der Waals surface area (Å²) in [5, 5.41) is 0. The summed E-state index contributed by atoms with van der Waals surface area (Å²) in [6, 6.07) is 7.81. The van der Waals surface area contributed by atoms with E-state index in [4.69, 9.17) is 10.5 Å². The lowest BCUT2D eigenvalue weighted by atomic mass is 10.0. The molecular formula is C15H18N2O2S. The lowest BCUT2D eigenvalue weighted by Gasteiger charge is -2.18. The number of aromatic nitrogens is 1. The van der Waals surface area contributed by atoms with Gasteiger partial charge in [0.25, 0.3) is 0 Å². The fourth-order valence-electron chi connectivity index (χ4n) is 1.80. The molecule has 2 rings (SSSR count). The van der Waals surface area contributed by atoms with Gasteiger partial charge in [-0.1, -0.05) is 24.3 Å². The fraction of sp³-hybridized carbons (Fsp3) is 0.333. The van der Waals surface area contributed by atoms with E-state index in [0.717, 1.165) is 22.7 Å². The maximum atomic E-state index is 12.1. The van der Waals surface area contributed by atoms with Gasteiger partial charge in [0.2, 0.25) is 0 Å². The smallest absolute Gasteiger partial charge is 0.352 e. The third-order valence-corrected chi connectivity index (χ3v) is 3.56. The highest BCUT2D eigenvalue weighted by atomic mass is 32.1. The molecule has 2 N–H and O–H groups in total. The molecule has 0 aliphatic heterocycles. The van der Waals surface area contributed by atoms with Crippen LogP contribution >= 0.6 is 11.5 Å². The van der Waals surface area contributed by atoms with Crippen molar-refractivity contribution >= 4 is 23.2 Å². The molecule has 106 valence electrons. The van der Waals surface area contributed by atoms with Crippen molar-refractivity contribution in [2.75, 3.05) is 5.73 Å². The van der Waals surface area contributed by atoms with Gasteiger partial charge >= 0.3 is 5.97 Å². The molecule has 0 radical (unpaired) electrons. The van der Waals surface area contributed by atoms with Gasteiger partial charge < -0.3 is 10.5 Å². The molecule has 2 aromatic rings. The fourth-order valence-corrected chi connectivity index (χ4v) is 2.49. The average Bonchev–Trinajstić information content (AvgIpc) is 2.69. The minimum Gasteiger partial charge on any atom is -0.456 e. The Hall–Kier alpha value is -1.88. The van der Waals surface area contributed by atoms with Crippen molar-refractivity contribution in [3.05, 3.63) is 34.7 Å². The lowest BCUT2D eigenvalue weighted by molar-refractivity contribution is 0.00764. The van der Waals surface area contributed by atoms with Crippen molar-refractivity contribution in [2.45, 2.75) is 33.3 Å². The molecule has 0 saturated carbocycles. The zero-order chi connectivity index (χ0) is 14.9. The molecule has 1 heterocycles. The van der Waals surface area contributed by atoms with Crippen molar-refractivity contribution < 1.29 is 9.53 Å². The van der Waals surface area contributed by atoms with E-state index in [9.17, 15) is 4.79 Å². The number of carbonyl (C=O) groups is 1. The first kappa shape index (κ1) is 14.5. The van der Waals surface area contributed by atoms with E-state index in [1.54, 1.807) is 0 Å². The highest BCUT2D eigenvalue weighted by Crippen LogP contribution is 2.33. The van der Waals surface area contributed by atoms with Gasteiger partial charge in [-0.05, 0) is 44.8 Å². The van der Waals surface area contributed by atoms with Crippen molar-refractivity contribution in [3.63, 3.8) is 0 Å². The number of hydrogen-bond acceptors (Lipinski definition) is 5. The van der Waals surface area contributed by atoms with Gasteiger partial charge in [0.05, 0.1) is 5.69 Å². The third-order valence-electron chi connectivity index (χ3n) is 2.71. The van der Waals surface area contributed by atoms with Crippen LogP contribution < -0.4 is 5.73 Å². The number of ether oxygens (including phenoxy) is 1. The Morgan fingerprint density at radius 3 is 2.55 bits per heavy atom. The topological polar surface area (TPSA) is 65.2 Å². The van der Waals surface area contributed by atoms with Crippen LogP contribution in [-0.2, 0) is 4.74 Å². The van der Waals surface area contributed by atoms with Gasteiger partial charge in [-0.2, -0.15) is 4.37 Å². The minimum atomic E-state index is -0.545. The molecule has 0 aliphatic rings. The molecule has 1 aromatic carbocycles. The molecule has 0 fully saturated rings. The first-order chi connectivity index (χ1) is 9.29. The molecule has 0 unspecified atom stereocenters. The van der Waals surface area contributed by atoms with Gasteiger partial charge in [-0.3, -0.25) is 0 Å². The molecule has 1 aromatic heterocycles. The molecule has 0 spiro atoms. The third kappa shape index (κ3) is 2.99. The molecule has 0 amide bonds. The summed E-state index contributed by atoms with van der Waals surface area (Å²) in [6.45, 7) is 7.46. The van der Waals surface area contributed by atoms with Crippen molar-refractivity contribution in [2.24, 2.45) is 0 Å². The van der Waals surface area contributed by atoms with Gasteiger partial charge in [-0.25, -0.2) is 4.79 Å². The molecule has 0 saturated heterocycles. The molecular weight excluding hydrogens is 272 g/mol. The number of aryl methyl sites for hydroxylation is 1. The van der Waals surface area contributed by atoms with Crippen LogP contribution in [0.15, 0.2) is 24.3 Å². The van der Waals surface area contributed by atoms with Crippen LogP contribution in [0.1, 0.15) is 36.0 Å². The Bertz CT molecular complexity index is 642. The summed E-state index contributed by atoms with van der Waals surface area (Å²) < 4.78 is 9.65. The lowest BCUT2D eigenvalue weighted by Crippen LogP contribution is -2.23. The second-order valence-corrected chi connectivity index (χ2v) is 6.36. The number of carbonyl (C=O) groups excluding carboxylic acids is 1. The Balaban J connectivity index is 2.38. The normalized spacial score (nSPS) is 11.4. The largest absolute Gasteiger partial charge is 0.456 e. The number of nitrogens with two attached hydrogens (primary N) is 1. The van der Waals surface area contributed by atoms with Gasteiger partial charge in [0, 0.05) is 5.56 Å². The second kappa shape index (κ2) is 5.25. The summed E-state index contributed by atoms with van der Waals surface area (Å²) in [5.74, 6) is -0.424. The van der Waals surface area contributed by atoms with Crippen LogP contribution in [0.25, 0.3) is 11.3 Å². The van der Waals surface area contributed by atoms with Crippen molar-refractivity contribution in [3.8, 4) is 11.3 Å². The summed E-state index contributed by atoms with van der Waals surface area (Å²) in [6.07, 6.45) is 0. The SMILES string of the molecule is Cc1ccccc1-c1nsc(C(=O)OC(C)(C)C)c1N. The first-order valence-electron chi connectivity index (χ1n) is 6.34. The van der Waals surface area contributed by atoms with E-state index in [2.05, 4.69) is 4.37 Å². The second-order valence-electron chi connectivity index (χ2n) is 5.59. The van der Waals surface area contributed by atoms with E-state index >= 15 is 0 Å². The van der Waals surface area contributed by atoms with Crippen LogP contribution in [0.3, 0.4) is 0 Å². The maximum Gasteiger partial charge on any atom is 0.352 e. The Morgan fingerprint density at radius 2 is 1.95 bits per heavy atom. The van der Waals surface area contributed by atoms with E-state index in [1.165, 1.54) is 0 Å². The molecule has 0 aliphatic carbocycles. The summed E-state index contributed by atoms with van der Waals surface area (Å²) in [4.78, 5) is 12.4. The molecule has 0 atom stereocenters. The summed E-state index contributed by atoms with van der Waals surface area (Å²) in [5.41, 5.74) is 8.57. The van der Waals surface area contributed by atoms with Crippen LogP contribution in [0.4, 0.5) is 5.69 Å². The van der Waals surface area contributed by atoms with Crippen molar-refractivity contribution in [1.29, 1.82) is 0 Å². The standard InChI is InChI=1S/C15H18N2O2S/c1-9-7-5-6-8-10(9)12-11(16)13(20-17-12)14(18)19-15(2,3)4/h5-8H,16H2,1-4H3. The van der Waals surface area contributed by atoms with E-state index < -0.39 is 11.6 Å². The zero-order valence-electron chi connectivity index (χ0n) is 12.1. The van der Waals surface area contributed by atoms with Crippen LogP contribution in [0.5, 0.6) is 0 Å². The quantitative estimate of drug-likeness (QED) is 0.857. The number of anilines is 1. The number of hydrogen-bond donors (Lipinski definition) is 1. The Kier molecular flexibility index (Phi) is 3.81. The number of rotatable bonds is 2. The van der Waals surface area contributed by atoms with Gasteiger partial charge in [0.1, 0.15) is 11.3 Å². The number of nitrogens with zero attached hydrogens (tertiary/aromatic N) is 1. The van der Waals surface area contributed by atoms with E-state index in [0.29, 0.717) is 16.3 Å². The van der Waals surface area contributed by atoms with Crippen LogP contribution in [0, 0.1) is 6.92 Å². The predicted molar refractivity (Wildman–Crippen MR) is 81.9 cm³/mol. The van der Waals surface area contributed by atoms with Crippen LogP contribution in [-0.4, -0.2) is 15.9 Å². The zero-order valence-corrected chi connectivity index (χ0v) is 12.9. The Morgan fingerprint density at radius 1 is 1.30 bits per heavy atom. The van der Waals surface area contributed by atoms with Crippen LogP contribution in [0.2, 0.25) is 0 Å².